The lowest BCUT2D eigenvalue weighted by Gasteiger charge is -2.20. The van der Waals surface area contributed by atoms with Crippen molar-refractivity contribution in [1.82, 2.24) is 14.5 Å². The van der Waals surface area contributed by atoms with Gasteiger partial charge < -0.3 is 4.57 Å². The van der Waals surface area contributed by atoms with E-state index in [9.17, 15) is 4.79 Å². The summed E-state index contributed by atoms with van der Waals surface area (Å²) < 4.78 is 3.17. The molecule has 0 N–H and O–H groups in total. The van der Waals surface area contributed by atoms with E-state index in [0.717, 1.165) is 33.2 Å². The van der Waals surface area contributed by atoms with Crippen LogP contribution in [-0.4, -0.2) is 33.2 Å². The molecule has 2 aromatic heterocycles. The van der Waals surface area contributed by atoms with Crippen molar-refractivity contribution in [3.05, 3.63) is 71.8 Å². The number of rotatable bonds is 7. The number of benzene rings is 2. The zero-order chi connectivity index (χ0) is 21.1. The molecule has 0 atom stereocenters. The number of halogens is 1. The second kappa shape index (κ2) is 10.3. The maximum atomic E-state index is 13.4. The number of hydrogen-bond acceptors (Lipinski definition) is 5. The van der Waals surface area contributed by atoms with E-state index < -0.39 is 0 Å². The quantitative estimate of drug-likeness (QED) is 0.310. The van der Waals surface area contributed by atoms with Crippen LogP contribution in [0.15, 0.2) is 60.0 Å². The lowest BCUT2D eigenvalue weighted by molar-refractivity contribution is 0.0986. The van der Waals surface area contributed by atoms with Crippen LogP contribution >= 0.6 is 35.5 Å². The van der Waals surface area contributed by atoms with Crippen LogP contribution in [0.5, 0.6) is 0 Å². The first-order chi connectivity index (χ1) is 14.5. The molecular weight excluding hydrogens is 448 g/mol. The van der Waals surface area contributed by atoms with Gasteiger partial charge in [-0.25, -0.2) is 9.97 Å². The average Bonchev–Trinajstić information content (AvgIpc) is 3.41. The van der Waals surface area contributed by atoms with E-state index in [1.165, 1.54) is 11.1 Å². The van der Waals surface area contributed by atoms with Gasteiger partial charge in [-0.15, -0.1) is 24.2 Å². The van der Waals surface area contributed by atoms with Crippen LogP contribution in [0.25, 0.3) is 10.2 Å². The van der Waals surface area contributed by atoms with Crippen molar-refractivity contribution < 1.29 is 4.79 Å². The third-order valence-corrected chi connectivity index (χ3v) is 6.95. The summed E-state index contributed by atoms with van der Waals surface area (Å²) in [5.41, 5.74) is 4.02. The Morgan fingerprint density at radius 3 is 2.65 bits per heavy atom. The number of hydrogen-bond donors (Lipinski definition) is 0. The standard InChI is InChI=1S/C23H24N4OS2.ClH/c1-16-13-17(2)21-20(14-16)25-23(30-21)27(11-4-10-26-12-9-24-15-26)22(28)18-5-7-19(29-3)8-6-18;/h5-9,12-15H,4,10-11H2,1-3H3;1H. The highest BCUT2D eigenvalue weighted by molar-refractivity contribution is 7.98. The van der Waals surface area contributed by atoms with Crippen molar-refractivity contribution in [2.75, 3.05) is 17.7 Å². The van der Waals surface area contributed by atoms with E-state index in [4.69, 9.17) is 4.98 Å². The fraction of sp³-hybridized carbons (Fsp3) is 0.261. The fourth-order valence-electron chi connectivity index (χ4n) is 3.48. The van der Waals surface area contributed by atoms with Gasteiger partial charge in [0, 0.05) is 35.9 Å². The van der Waals surface area contributed by atoms with Crippen molar-refractivity contribution in [2.24, 2.45) is 0 Å². The van der Waals surface area contributed by atoms with Crippen LogP contribution in [0.4, 0.5) is 5.13 Å². The minimum absolute atomic E-state index is 0. The highest BCUT2D eigenvalue weighted by Crippen LogP contribution is 2.33. The van der Waals surface area contributed by atoms with Crippen molar-refractivity contribution in [2.45, 2.75) is 31.7 Å². The first kappa shape index (κ1) is 23.3. The fourth-order valence-corrected chi connectivity index (χ4v) is 4.93. The van der Waals surface area contributed by atoms with Crippen molar-refractivity contribution in [1.29, 1.82) is 0 Å². The first-order valence-electron chi connectivity index (χ1n) is 9.84. The van der Waals surface area contributed by atoms with Gasteiger partial charge >= 0.3 is 0 Å². The number of amides is 1. The molecule has 0 bridgehead atoms. The Hall–Kier alpha value is -2.35. The minimum atomic E-state index is -0.0123. The molecule has 0 saturated heterocycles. The number of fused-ring (bicyclic) bond motifs is 1. The Balaban J connectivity index is 0.00000272. The van der Waals surface area contributed by atoms with Crippen LogP contribution in [-0.2, 0) is 6.54 Å². The van der Waals surface area contributed by atoms with E-state index in [-0.39, 0.29) is 18.3 Å². The summed E-state index contributed by atoms with van der Waals surface area (Å²) in [5, 5.41) is 0.753. The minimum Gasteiger partial charge on any atom is -0.337 e. The number of carbonyl (C=O) groups excluding carboxylic acids is 1. The molecule has 1 amide bonds. The van der Waals surface area contributed by atoms with Crippen molar-refractivity contribution >= 4 is 56.8 Å². The molecular formula is C23H25ClN4OS2. The predicted molar refractivity (Wildman–Crippen MR) is 133 cm³/mol. The summed E-state index contributed by atoms with van der Waals surface area (Å²) in [6.07, 6.45) is 8.37. The Bertz CT molecular complexity index is 1160. The molecule has 8 heteroatoms. The summed E-state index contributed by atoms with van der Waals surface area (Å²) >= 11 is 3.26. The van der Waals surface area contributed by atoms with Crippen molar-refractivity contribution in [3.8, 4) is 0 Å². The van der Waals surface area contributed by atoms with Crippen LogP contribution in [0.1, 0.15) is 27.9 Å². The summed E-state index contributed by atoms with van der Waals surface area (Å²) in [6, 6.07) is 12.0. The molecule has 162 valence electrons. The largest absolute Gasteiger partial charge is 0.337 e. The molecule has 0 saturated carbocycles. The zero-order valence-corrected chi connectivity index (χ0v) is 20.2. The topological polar surface area (TPSA) is 51.0 Å². The van der Waals surface area contributed by atoms with Crippen molar-refractivity contribution in [3.63, 3.8) is 0 Å². The van der Waals surface area contributed by atoms with E-state index >= 15 is 0 Å². The third kappa shape index (κ3) is 5.29. The molecule has 0 radical (unpaired) electrons. The maximum Gasteiger partial charge on any atom is 0.260 e. The Kier molecular flexibility index (Phi) is 7.75. The van der Waals surface area contributed by atoms with Crippen LogP contribution in [0.2, 0.25) is 0 Å². The van der Waals surface area contributed by atoms with E-state index in [0.29, 0.717) is 12.1 Å². The monoisotopic (exact) mass is 472 g/mol. The molecule has 4 aromatic rings. The molecule has 0 aliphatic rings. The van der Waals surface area contributed by atoms with E-state index in [1.807, 2.05) is 46.2 Å². The number of thioether (sulfide) groups is 1. The summed E-state index contributed by atoms with van der Waals surface area (Å²) in [6.45, 7) is 5.58. The Morgan fingerprint density at radius 1 is 1.19 bits per heavy atom. The smallest absolute Gasteiger partial charge is 0.260 e. The molecule has 2 aromatic carbocycles. The van der Waals surface area contributed by atoms with Gasteiger partial charge in [0.25, 0.3) is 5.91 Å². The van der Waals surface area contributed by atoms with E-state index in [1.54, 1.807) is 35.6 Å². The Labute approximate surface area is 196 Å². The first-order valence-corrected chi connectivity index (χ1v) is 11.9. The van der Waals surface area contributed by atoms with Gasteiger partial charge in [0.05, 0.1) is 16.5 Å². The average molecular weight is 473 g/mol. The number of carbonyl (C=O) groups is 1. The molecule has 0 fully saturated rings. The maximum absolute atomic E-state index is 13.4. The van der Waals surface area contributed by atoms with Gasteiger partial charge in [-0.1, -0.05) is 17.4 Å². The van der Waals surface area contributed by atoms with Gasteiger partial charge in [-0.2, -0.15) is 0 Å². The number of anilines is 1. The Morgan fingerprint density at radius 2 is 1.97 bits per heavy atom. The van der Waals surface area contributed by atoms with Gasteiger partial charge in [-0.05, 0) is 68.0 Å². The van der Waals surface area contributed by atoms with Gasteiger partial charge in [0.2, 0.25) is 0 Å². The molecule has 2 heterocycles. The van der Waals surface area contributed by atoms with Gasteiger partial charge in [0.1, 0.15) is 0 Å². The summed E-state index contributed by atoms with van der Waals surface area (Å²) in [7, 11) is 0. The predicted octanol–water partition coefficient (Wildman–Crippen LogP) is 5.99. The van der Waals surface area contributed by atoms with Gasteiger partial charge in [-0.3, -0.25) is 9.69 Å². The lowest BCUT2D eigenvalue weighted by atomic mass is 10.1. The second-order valence-electron chi connectivity index (χ2n) is 7.27. The van der Waals surface area contributed by atoms with Crippen LogP contribution in [0.3, 0.4) is 0 Å². The highest BCUT2D eigenvalue weighted by Gasteiger charge is 2.21. The second-order valence-corrected chi connectivity index (χ2v) is 9.12. The molecule has 0 aliphatic heterocycles. The summed E-state index contributed by atoms with van der Waals surface area (Å²) in [4.78, 5) is 25.3. The normalized spacial score (nSPS) is 10.8. The molecule has 0 aliphatic carbocycles. The molecule has 5 nitrogen and oxygen atoms in total. The number of aryl methyl sites for hydroxylation is 3. The van der Waals surface area contributed by atoms with Gasteiger partial charge in [0.15, 0.2) is 5.13 Å². The zero-order valence-electron chi connectivity index (χ0n) is 17.7. The molecule has 0 unspecified atom stereocenters. The van der Waals surface area contributed by atoms with E-state index in [2.05, 4.69) is 31.0 Å². The number of aromatic nitrogens is 3. The molecule has 4 rings (SSSR count). The lowest BCUT2D eigenvalue weighted by Crippen LogP contribution is -2.32. The molecule has 0 spiro atoms. The number of nitrogens with zero attached hydrogens (tertiary/aromatic N) is 4. The number of imidazole rings is 1. The highest BCUT2D eigenvalue weighted by atomic mass is 35.5. The third-order valence-electron chi connectivity index (χ3n) is 4.98. The number of thiazole rings is 1. The van der Waals surface area contributed by atoms with Crippen LogP contribution in [0, 0.1) is 13.8 Å². The summed E-state index contributed by atoms with van der Waals surface area (Å²) in [5.74, 6) is -0.0123. The SMILES string of the molecule is CSc1ccc(C(=O)N(CCCn2ccnc2)c2nc3cc(C)cc(C)c3s2)cc1.Cl. The molecule has 31 heavy (non-hydrogen) atoms. The van der Waals surface area contributed by atoms with Crippen LogP contribution < -0.4 is 4.90 Å².